The molecule has 0 aliphatic carbocycles. The van der Waals surface area contributed by atoms with Crippen molar-refractivity contribution in [3.63, 3.8) is 0 Å². The van der Waals surface area contributed by atoms with Gasteiger partial charge in [-0.05, 0) is 52.9 Å². The third kappa shape index (κ3) is 8.28. The Bertz CT molecular complexity index is 1880. The van der Waals surface area contributed by atoms with Gasteiger partial charge in [-0.15, -0.1) is 0 Å². The van der Waals surface area contributed by atoms with Crippen LogP contribution in [0.3, 0.4) is 0 Å². The maximum Gasteiger partial charge on any atom is 0.407 e. The van der Waals surface area contributed by atoms with E-state index in [0.29, 0.717) is 18.9 Å². The van der Waals surface area contributed by atoms with Crippen molar-refractivity contribution in [2.24, 2.45) is 0 Å². The molecule has 2 aromatic heterocycles. The van der Waals surface area contributed by atoms with Crippen LogP contribution in [-0.4, -0.2) is 80.7 Å². The molecule has 5 rings (SSSR count). The van der Waals surface area contributed by atoms with E-state index in [1.807, 2.05) is 31.2 Å². The molecule has 0 spiro atoms. The van der Waals surface area contributed by atoms with Gasteiger partial charge >= 0.3 is 6.09 Å². The molecule has 0 fully saturated rings. The summed E-state index contributed by atoms with van der Waals surface area (Å²) >= 11 is 0. The van der Waals surface area contributed by atoms with Gasteiger partial charge in [-0.1, -0.05) is 55.5 Å². The third-order valence-electron chi connectivity index (χ3n) is 7.63. The van der Waals surface area contributed by atoms with E-state index in [2.05, 4.69) is 66.4 Å². The van der Waals surface area contributed by atoms with Crippen LogP contribution in [0.25, 0.3) is 44.4 Å². The van der Waals surface area contributed by atoms with Gasteiger partial charge in [0.25, 0.3) is 0 Å². The van der Waals surface area contributed by atoms with Crippen molar-refractivity contribution in [1.29, 1.82) is 0 Å². The highest BCUT2D eigenvalue weighted by Crippen LogP contribution is 2.29. The van der Waals surface area contributed by atoms with Crippen molar-refractivity contribution in [2.45, 2.75) is 33.4 Å². The quantitative estimate of drug-likeness (QED) is 0.146. The molecule has 47 heavy (non-hydrogen) atoms. The van der Waals surface area contributed by atoms with Gasteiger partial charge in [0.1, 0.15) is 24.0 Å². The average Bonchev–Trinajstić information content (AvgIpc) is 3.76. The molecular formula is C35H37N7O5. The lowest BCUT2D eigenvalue weighted by Crippen LogP contribution is -2.42. The number of nitrogens with one attached hydrogen (secondary N) is 3. The number of fused-ring (bicyclic) bond motifs is 1. The van der Waals surface area contributed by atoms with Gasteiger partial charge < -0.3 is 29.8 Å². The summed E-state index contributed by atoms with van der Waals surface area (Å²) in [4.78, 5) is 65.5. The number of hydrogen-bond donors (Lipinski definition) is 3. The van der Waals surface area contributed by atoms with Gasteiger partial charge in [-0.25, -0.2) is 14.8 Å². The number of carbonyl (C=O) groups excluding carboxylic acids is 4. The predicted molar refractivity (Wildman–Crippen MR) is 178 cm³/mol. The highest BCUT2D eigenvalue weighted by atomic mass is 16.5. The number of H-pyrrole nitrogens is 2. The van der Waals surface area contributed by atoms with Gasteiger partial charge in [-0.2, -0.15) is 0 Å². The van der Waals surface area contributed by atoms with Crippen LogP contribution in [0.1, 0.15) is 31.9 Å². The molecule has 3 amide bonds. The van der Waals surface area contributed by atoms with Crippen molar-refractivity contribution in [1.82, 2.24) is 35.1 Å². The molecule has 0 atom stereocenters. The van der Waals surface area contributed by atoms with Crippen molar-refractivity contribution >= 4 is 35.0 Å². The lowest BCUT2D eigenvalue weighted by molar-refractivity contribution is -0.134. The van der Waals surface area contributed by atoms with E-state index >= 15 is 0 Å². The second-order valence-corrected chi connectivity index (χ2v) is 11.2. The molecule has 3 N–H and O–H groups in total. The number of Topliss-reactive ketones (excluding diaryl/α,β-unsaturated/α-hetero) is 1. The molecule has 0 bridgehead atoms. The molecule has 0 aliphatic heterocycles. The van der Waals surface area contributed by atoms with E-state index in [4.69, 9.17) is 0 Å². The molecular weight excluding hydrogens is 598 g/mol. The van der Waals surface area contributed by atoms with Crippen molar-refractivity contribution in [3.05, 3.63) is 84.7 Å². The standard InChI is InChI=1S/C35H37N7O5/c1-4-13-41(22-43)20-32-36-17-31(40-32)29-12-11-27-14-26(9-10-28(27)15-29)24-5-7-25(8-6-24)30-16-37-33(39-30)21-42(19-23(2)44)34(45)18-38-35(46)47-3/h5-12,14-17,22H,4,13,18-21H2,1-3H3,(H,36,40)(H,37,39)(H,38,46). The number of imidazole rings is 2. The zero-order valence-corrected chi connectivity index (χ0v) is 26.6. The van der Waals surface area contributed by atoms with Gasteiger partial charge in [0.05, 0.1) is 50.5 Å². The zero-order valence-electron chi connectivity index (χ0n) is 26.6. The zero-order chi connectivity index (χ0) is 33.3. The monoisotopic (exact) mass is 635 g/mol. The van der Waals surface area contributed by atoms with Crippen molar-refractivity contribution < 1.29 is 23.9 Å². The number of carbonyl (C=O) groups is 4. The maximum absolute atomic E-state index is 12.6. The van der Waals surface area contributed by atoms with E-state index in [9.17, 15) is 19.2 Å². The average molecular weight is 636 g/mol. The molecule has 3 aromatic carbocycles. The second kappa shape index (κ2) is 15.0. The highest BCUT2D eigenvalue weighted by molar-refractivity contribution is 5.91. The molecule has 0 radical (unpaired) electrons. The summed E-state index contributed by atoms with van der Waals surface area (Å²) in [5.41, 5.74) is 5.74. The summed E-state index contributed by atoms with van der Waals surface area (Å²) in [5, 5.41) is 4.55. The summed E-state index contributed by atoms with van der Waals surface area (Å²) in [6.07, 6.45) is 4.51. The topological polar surface area (TPSA) is 153 Å². The van der Waals surface area contributed by atoms with E-state index in [0.717, 1.165) is 63.1 Å². The van der Waals surface area contributed by atoms with Gasteiger partial charge in [0, 0.05) is 12.1 Å². The Balaban J connectivity index is 1.26. The van der Waals surface area contributed by atoms with Crippen LogP contribution < -0.4 is 5.32 Å². The van der Waals surface area contributed by atoms with Crippen molar-refractivity contribution in [2.75, 3.05) is 26.7 Å². The lowest BCUT2D eigenvalue weighted by Gasteiger charge is -2.20. The van der Waals surface area contributed by atoms with Gasteiger partial charge in [0.2, 0.25) is 12.3 Å². The van der Waals surface area contributed by atoms with Crippen LogP contribution in [0.4, 0.5) is 4.79 Å². The van der Waals surface area contributed by atoms with Crippen LogP contribution in [0.5, 0.6) is 0 Å². The second-order valence-electron chi connectivity index (χ2n) is 11.2. The normalized spacial score (nSPS) is 10.9. The van der Waals surface area contributed by atoms with Gasteiger partial charge in [0.15, 0.2) is 0 Å². The Labute approximate surface area is 272 Å². The number of alkyl carbamates (subject to hydrolysis) is 1. The molecule has 12 heteroatoms. The van der Waals surface area contributed by atoms with Crippen molar-refractivity contribution in [3.8, 4) is 33.6 Å². The van der Waals surface area contributed by atoms with Crippen LogP contribution >= 0.6 is 0 Å². The Morgan fingerprint density at radius 2 is 1.40 bits per heavy atom. The predicted octanol–water partition coefficient (Wildman–Crippen LogP) is 4.93. The number of hydrogen-bond acceptors (Lipinski definition) is 7. The number of methoxy groups -OCH3 is 1. The summed E-state index contributed by atoms with van der Waals surface area (Å²) in [6.45, 7) is 4.25. The number of ketones is 1. The molecule has 242 valence electrons. The van der Waals surface area contributed by atoms with E-state index < -0.39 is 12.0 Å². The summed E-state index contributed by atoms with van der Waals surface area (Å²) in [6, 6.07) is 20.7. The fraction of sp³-hybridized carbons (Fsp3) is 0.257. The van der Waals surface area contributed by atoms with Gasteiger partial charge in [-0.3, -0.25) is 14.4 Å². The number of ether oxygens (including phenoxy) is 1. The smallest absolute Gasteiger partial charge is 0.407 e. The summed E-state index contributed by atoms with van der Waals surface area (Å²) < 4.78 is 4.51. The molecule has 5 aromatic rings. The minimum Gasteiger partial charge on any atom is -0.453 e. The molecule has 0 saturated carbocycles. The fourth-order valence-electron chi connectivity index (χ4n) is 5.28. The minimum atomic E-state index is -0.727. The first-order valence-corrected chi connectivity index (χ1v) is 15.3. The Hall–Kier alpha value is -5.78. The first-order chi connectivity index (χ1) is 22.8. The van der Waals surface area contributed by atoms with Crippen LogP contribution in [-0.2, 0) is 32.2 Å². The number of aromatic amines is 2. The number of aromatic nitrogens is 4. The summed E-state index contributed by atoms with van der Waals surface area (Å²) in [7, 11) is 1.21. The largest absolute Gasteiger partial charge is 0.453 e. The first kappa shape index (κ1) is 32.6. The Morgan fingerprint density at radius 3 is 2.02 bits per heavy atom. The number of rotatable bonds is 14. The fourth-order valence-corrected chi connectivity index (χ4v) is 5.28. The number of amides is 3. The lowest BCUT2D eigenvalue weighted by atomic mass is 9.98. The third-order valence-corrected chi connectivity index (χ3v) is 7.63. The molecule has 0 aliphatic rings. The molecule has 2 heterocycles. The summed E-state index contributed by atoms with van der Waals surface area (Å²) in [5.74, 6) is 0.642. The molecule has 12 nitrogen and oxygen atoms in total. The number of nitrogens with zero attached hydrogens (tertiary/aromatic N) is 4. The first-order valence-electron chi connectivity index (χ1n) is 15.3. The maximum atomic E-state index is 12.6. The van der Waals surface area contributed by atoms with E-state index in [-0.39, 0.29) is 25.4 Å². The Morgan fingerprint density at radius 1 is 0.830 bits per heavy atom. The van der Waals surface area contributed by atoms with E-state index in [1.165, 1.54) is 18.9 Å². The molecule has 0 unspecified atom stereocenters. The van der Waals surface area contributed by atoms with Crippen LogP contribution in [0.15, 0.2) is 73.1 Å². The van der Waals surface area contributed by atoms with E-state index in [1.54, 1.807) is 17.3 Å². The molecule has 0 saturated heterocycles. The SMILES string of the molecule is CCCN(C=O)Cc1ncc(-c2ccc3cc(-c4ccc(-c5cnc(CN(CC(C)=O)C(=O)CNC(=O)OC)[nH]5)cc4)ccc3c2)[nH]1. The minimum absolute atomic E-state index is 0.0808. The van der Waals surface area contributed by atoms with Crippen LogP contribution in [0.2, 0.25) is 0 Å². The Kier molecular flexibility index (Phi) is 10.4. The number of benzene rings is 3. The van der Waals surface area contributed by atoms with Crippen LogP contribution in [0, 0.1) is 0 Å². The highest BCUT2D eigenvalue weighted by Gasteiger charge is 2.18.